The van der Waals surface area contributed by atoms with Crippen molar-refractivity contribution in [2.45, 2.75) is 0 Å². The summed E-state index contributed by atoms with van der Waals surface area (Å²) in [6, 6.07) is 12.8. The molecule has 0 aliphatic rings. The smallest absolute Gasteiger partial charge is 0.270 e. The largest absolute Gasteiger partial charge is 0.472 e. The lowest BCUT2D eigenvalue weighted by atomic mass is 10.2. The first-order valence-electron chi connectivity index (χ1n) is 6.69. The van der Waals surface area contributed by atoms with Crippen LogP contribution in [0.5, 0.6) is 0 Å². The number of rotatable bonds is 3. The second-order valence-corrected chi connectivity index (χ2v) is 4.62. The van der Waals surface area contributed by atoms with Crippen molar-refractivity contribution < 1.29 is 8.83 Å². The number of hydrogen-bond acceptors (Lipinski definition) is 7. The van der Waals surface area contributed by atoms with Gasteiger partial charge in [0.15, 0.2) is 11.5 Å². The number of nitrogens with two attached hydrogens (primary N) is 1. The maximum atomic E-state index is 5.88. The number of nitrogen functional groups attached to an aromatic ring is 1. The van der Waals surface area contributed by atoms with E-state index in [0.717, 1.165) is 5.56 Å². The lowest BCUT2D eigenvalue weighted by Gasteiger charge is -2.01. The Balaban J connectivity index is 1.76. The first-order valence-corrected chi connectivity index (χ1v) is 6.69. The topological polar surface area (TPSA) is 104 Å². The summed E-state index contributed by atoms with van der Waals surface area (Å²) in [5.41, 5.74) is 8.23. The molecular weight excluding hydrogens is 294 g/mol. The van der Waals surface area contributed by atoms with E-state index in [-0.39, 0.29) is 11.7 Å². The van der Waals surface area contributed by atoms with Gasteiger partial charge in [0, 0.05) is 5.56 Å². The highest BCUT2D eigenvalue weighted by atomic mass is 16.4. The molecule has 0 aliphatic heterocycles. The third-order valence-corrected chi connectivity index (χ3v) is 3.13. The Morgan fingerprint density at radius 1 is 1.13 bits per heavy atom. The quantitative estimate of drug-likeness (QED) is 0.620. The van der Waals surface area contributed by atoms with Crippen LogP contribution in [0.4, 0.5) is 5.82 Å². The van der Waals surface area contributed by atoms with Crippen molar-refractivity contribution in [3.63, 3.8) is 0 Å². The van der Waals surface area contributed by atoms with Crippen LogP contribution in [0.3, 0.4) is 0 Å². The summed E-state index contributed by atoms with van der Waals surface area (Å²) in [4.78, 5) is 8.56. The summed E-state index contributed by atoms with van der Waals surface area (Å²) in [6.45, 7) is 0. The SMILES string of the molecule is Nc1ncc(-c2ccoc2)nc1-c1nnc(-c2c#cccc2)o1. The molecule has 0 saturated heterocycles. The molecule has 7 heteroatoms. The summed E-state index contributed by atoms with van der Waals surface area (Å²) >= 11 is 0. The zero-order valence-electron chi connectivity index (χ0n) is 11.7. The van der Waals surface area contributed by atoms with E-state index in [1.807, 2.05) is 6.07 Å². The summed E-state index contributed by atoms with van der Waals surface area (Å²) in [7, 11) is 0. The first kappa shape index (κ1) is 13.0. The van der Waals surface area contributed by atoms with Gasteiger partial charge in [-0.25, -0.2) is 9.97 Å². The predicted molar refractivity (Wildman–Crippen MR) is 80.5 cm³/mol. The Morgan fingerprint density at radius 2 is 2.04 bits per heavy atom. The molecule has 23 heavy (non-hydrogen) atoms. The van der Waals surface area contributed by atoms with E-state index < -0.39 is 0 Å². The van der Waals surface area contributed by atoms with E-state index in [0.29, 0.717) is 22.8 Å². The molecule has 0 aliphatic carbocycles. The molecule has 4 rings (SSSR count). The minimum atomic E-state index is 0.188. The minimum absolute atomic E-state index is 0.188. The molecule has 4 aromatic rings. The van der Waals surface area contributed by atoms with Crippen molar-refractivity contribution >= 4 is 5.82 Å². The first-order chi connectivity index (χ1) is 11.3. The van der Waals surface area contributed by atoms with Crippen molar-refractivity contribution in [1.82, 2.24) is 20.2 Å². The molecule has 3 aromatic heterocycles. The summed E-state index contributed by atoms with van der Waals surface area (Å²) in [5.74, 6) is 0.704. The Bertz CT molecular complexity index is 932. The van der Waals surface area contributed by atoms with Crippen LogP contribution >= 0.6 is 0 Å². The molecular formula is C16H9N5O2. The van der Waals surface area contributed by atoms with Crippen molar-refractivity contribution in [3.8, 4) is 34.3 Å². The van der Waals surface area contributed by atoms with Crippen LogP contribution in [0, 0.1) is 12.1 Å². The average molecular weight is 303 g/mol. The van der Waals surface area contributed by atoms with Gasteiger partial charge >= 0.3 is 0 Å². The minimum Gasteiger partial charge on any atom is -0.472 e. The summed E-state index contributed by atoms with van der Waals surface area (Å²) in [6.07, 6.45) is 4.68. The van der Waals surface area contributed by atoms with Crippen molar-refractivity contribution in [2.75, 3.05) is 5.73 Å². The van der Waals surface area contributed by atoms with E-state index >= 15 is 0 Å². The van der Waals surface area contributed by atoms with E-state index in [1.54, 1.807) is 36.9 Å². The van der Waals surface area contributed by atoms with E-state index in [1.165, 1.54) is 0 Å². The van der Waals surface area contributed by atoms with Gasteiger partial charge < -0.3 is 14.6 Å². The number of hydrogen-bond donors (Lipinski definition) is 1. The molecule has 2 N–H and O–H groups in total. The van der Waals surface area contributed by atoms with Crippen LogP contribution in [0.2, 0.25) is 0 Å². The molecule has 0 radical (unpaired) electrons. The Hall–Kier alpha value is -3.66. The highest BCUT2D eigenvalue weighted by Gasteiger charge is 2.16. The predicted octanol–water partition coefficient (Wildman–Crippen LogP) is 2.64. The monoisotopic (exact) mass is 303 g/mol. The molecule has 1 aromatic carbocycles. The van der Waals surface area contributed by atoms with Crippen LogP contribution in [-0.4, -0.2) is 20.2 Å². The highest BCUT2D eigenvalue weighted by molar-refractivity contribution is 5.68. The molecule has 0 fully saturated rings. The maximum Gasteiger partial charge on any atom is 0.270 e. The molecule has 110 valence electrons. The zero-order valence-corrected chi connectivity index (χ0v) is 11.7. The van der Waals surface area contributed by atoms with Gasteiger partial charge in [-0.05, 0) is 18.2 Å². The highest BCUT2D eigenvalue weighted by Crippen LogP contribution is 2.27. The normalized spacial score (nSPS) is 10.4. The molecule has 0 amide bonds. The maximum absolute atomic E-state index is 5.88. The molecule has 0 unspecified atom stereocenters. The van der Waals surface area contributed by atoms with Gasteiger partial charge in [0.25, 0.3) is 11.8 Å². The number of anilines is 1. The second-order valence-electron chi connectivity index (χ2n) is 4.62. The number of aromatic nitrogens is 4. The van der Waals surface area contributed by atoms with Gasteiger partial charge in [-0.15, -0.1) is 10.2 Å². The number of furan rings is 1. The summed E-state index contributed by atoms with van der Waals surface area (Å²) in [5, 5.41) is 7.98. The van der Waals surface area contributed by atoms with Crippen LogP contribution in [0.15, 0.2) is 51.8 Å². The summed E-state index contributed by atoms with van der Waals surface area (Å²) < 4.78 is 10.7. The van der Waals surface area contributed by atoms with Crippen LogP contribution in [-0.2, 0) is 0 Å². The van der Waals surface area contributed by atoms with Gasteiger partial charge in [0.2, 0.25) is 0 Å². The van der Waals surface area contributed by atoms with Gasteiger partial charge in [0.05, 0.1) is 30.0 Å². The van der Waals surface area contributed by atoms with Gasteiger partial charge in [-0.2, -0.15) is 0 Å². The van der Waals surface area contributed by atoms with Crippen molar-refractivity contribution in [3.05, 3.63) is 55.1 Å². The standard InChI is InChI=1S/C16H9N5O2/c17-14-13(19-12(8-18-14)11-6-7-22-9-11)16-21-20-15(23-16)10-4-2-1-3-5-10/h1-2,4,6-9H,(H2,17,18). The number of nitrogens with zero attached hydrogens (tertiary/aromatic N) is 4. The molecule has 3 heterocycles. The van der Waals surface area contributed by atoms with Gasteiger partial charge in [-0.1, -0.05) is 18.2 Å². The lowest BCUT2D eigenvalue weighted by Crippen LogP contribution is -1.98. The van der Waals surface area contributed by atoms with E-state index in [4.69, 9.17) is 14.6 Å². The van der Waals surface area contributed by atoms with Crippen LogP contribution in [0.1, 0.15) is 0 Å². The van der Waals surface area contributed by atoms with Gasteiger partial charge in [-0.3, -0.25) is 0 Å². The fraction of sp³-hybridized carbons (Fsp3) is 0. The molecule has 0 bridgehead atoms. The molecule has 0 spiro atoms. The fourth-order valence-corrected chi connectivity index (χ4v) is 2.01. The Labute approximate surface area is 130 Å². The Kier molecular flexibility index (Phi) is 2.99. The zero-order chi connectivity index (χ0) is 15.6. The van der Waals surface area contributed by atoms with E-state index in [9.17, 15) is 0 Å². The van der Waals surface area contributed by atoms with Crippen molar-refractivity contribution in [2.24, 2.45) is 0 Å². The Morgan fingerprint density at radius 3 is 2.83 bits per heavy atom. The fourth-order valence-electron chi connectivity index (χ4n) is 2.01. The third kappa shape index (κ3) is 2.38. The van der Waals surface area contributed by atoms with E-state index in [2.05, 4.69) is 32.3 Å². The second kappa shape index (κ2) is 5.27. The molecule has 0 saturated carbocycles. The molecule has 0 atom stereocenters. The lowest BCUT2D eigenvalue weighted by molar-refractivity contribution is 0.568. The van der Waals surface area contributed by atoms with Crippen molar-refractivity contribution in [1.29, 1.82) is 0 Å². The van der Waals surface area contributed by atoms with Crippen LogP contribution < -0.4 is 5.73 Å². The molecule has 7 nitrogen and oxygen atoms in total. The van der Waals surface area contributed by atoms with Crippen LogP contribution in [0.25, 0.3) is 34.3 Å². The third-order valence-electron chi connectivity index (χ3n) is 3.13. The van der Waals surface area contributed by atoms with Gasteiger partial charge in [0.1, 0.15) is 0 Å². The average Bonchev–Trinajstić information content (AvgIpc) is 3.28.